The van der Waals surface area contributed by atoms with Crippen LogP contribution in [0.3, 0.4) is 0 Å². The molecule has 2 aliphatic rings. The highest BCUT2D eigenvalue weighted by Gasteiger charge is 2.32. The number of ether oxygens (including phenoxy) is 2. The van der Waals surface area contributed by atoms with Crippen molar-refractivity contribution in [1.82, 2.24) is 29.7 Å². The molecule has 3 N–H and O–H groups in total. The van der Waals surface area contributed by atoms with Crippen LogP contribution in [-0.2, 0) is 5.41 Å². The minimum absolute atomic E-state index is 0.117. The first-order chi connectivity index (χ1) is 25.1. The molecule has 0 radical (unpaired) electrons. The highest BCUT2D eigenvalue weighted by molar-refractivity contribution is 5.89. The Bertz CT molecular complexity index is 2090. The summed E-state index contributed by atoms with van der Waals surface area (Å²) in [6.07, 6.45) is 6.59. The number of hydrogen-bond donors (Lipinski definition) is 3. The number of nitriles is 1. The van der Waals surface area contributed by atoms with Gasteiger partial charge in [-0.2, -0.15) is 10.4 Å². The maximum absolute atomic E-state index is 13.7. The first-order valence-corrected chi connectivity index (χ1v) is 18.0. The number of aliphatic hydroxyl groups excluding tert-OH is 1. The Morgan fingerprint density at radius 3 is 2.54 bits per heavy atom. The second-order valence-electron chi connectivity index (χ2n) is 14.2. The number of rotatable bonds is 10. The van der Waals surface area contributed by atoms with E-state index in [9.17, 15) is 15.2 Å². The van der Waals surface area contributed by atoms with Crippen molar-refractivity contribution in [1.29, 1.82) is 5.26 Å². The lowest BCUT2D eigenvalue weighted by Crippen LogP contribution is -2.44. The first-order valence-electron chi connectivity index (χ1n) is 18.0. The van der Waals surface area contributed by atoms with Crippen LogP contribution in [0.15, 0.2) is 72.9 Å². The molecule has 1 aliphatic carbocycles. The van der Waals surface area contributed by atoms with E-state index in [1.807, 2.05) is 47.0 Å². The number of fused-ring (bicyclic) bond motifs is 2. The highest BCUT2D eigenvalue weighted by atomic mass is 16.5. The van der Waals surface area contributed by atoms with Crippen LogP contribution in [0.25, 0.3) is 11.3 Å². The third kappa shape index (κ3) is 6.98. The van der Waals surface area contributed by atoms with Crippen molar-refractivity contribution in [3.05, 3.63) is 89.7 Å². The van der Waals surface area contributed by atoms with Crippen LogP contribution >= 0.6 is 0 Å². The second kappa shape index (κ2) is 14.6. The number of amides is 2. The Labute approximate surface area is 303 Å². The SMILES string of the molecule is C[C@@H]1CCC[C@H](C)N1c1nnc2ccc(O[C@@H]3CC[C@H](NC(=O)Nc4cc(C(C)(C)C#N)nn4-c4cccc(OCCO)c4)c4ccccc43)cn12. The van der Waals surface area contributed by atoms with E-state index in [0.29, 0.717) is 47.9 Å². The maximum Gasteiger partial charge on any atom is 0.320 e. The number of urea groups is 1. The summed E-state index contributed by atoms with van der Waals surface area (Å²) in [6.45, 7) is 8.08. The summed E-state index contributed by atoms with van der Waals surface area (Å²) in [5, 5.41) is 38.9. The van der Waals surface area contributed by atoms with E-state index < -0.39 is 11.4 Å². The third-order valence-corrected chi connectivity index (χ3v) is 10.1. The summed E-state index contributed by atoms with van der Waals surface area (Å²) < 4.78 is 15.9. The molecular weight excluding hydrogens is 658 g/mol. The standard InChI is InChI=1S/C39H45N9O4/c1-25-9-7-10-26(2)47(25)38-44-43-35-18-15-29(23-46(35)38)52-33-17-16-32(30-13-5-6-14-31(30)33)41-37(50)42-36-22-34(39(3,4)24-40)45-48(36)27-11-8-12-28(21-27)51-20-19-49/h5-6,8,11-15,18,21-23,25-26,32-33,49H,7,9-10,16-17,19-20H2,1-4H3,(H2,41,42,50)/t25-,26+,32-,33+/m0/s1. The number of hydrogen-bond acceptors (Lipinski definition) is 9. The summed E-state index contributed by atoms with van der Waals surface area (Å²) in [4.78, 5) is 16.0. The molecule has 0 saturated carbocycles. The van der Waals surface area contributed by atoms with Gasteiger partial charge in [0.05, 0.1) is 41.7 Å². The van der Waals surface area contributed by atoms with E-state index in [1.165, 1.54) is 6.42 Å². The molecule has 7 rings (SSSR count). The predicted molar refractivity (Wildman–Crippen MR) is 197 cm³/mol. The lowest BCUT2D eigenvalue weighted by Gasteiger charge is -2.39. The lowest BCUT2D eigenvalue weighted by atomic mass is 9.85. The monoisotopic (exact) mass is 703 g/mol. The number of aromatic nitrogens is 5. The molecule has 3 aromatic heterocycles. The van der Waals surface area contributed by atoms with Crippen LogP contribution in [-0.4, -0.2) is 60.8 Å². The van der Waals surface area contributed by atoms with Gasteiger partial charge in [-0.05, 0) is 95.2 Å². The van der Waals surface area contributed by atoms with E-state index >= 15 is 0 Å². The number of piperidine rings is 1. The molecule has 1 aliphatic heterocycles. The van der Waals surface area contributed by atoms with Gasteiger partial charge in [-0.3, -0.25) is 9.72 Å². The number of benzene rings is 2. The average Bonchev–Trinajstić information content (AvgIpc) is 3.76. The molecule has 2 aromatic carbocycles. The molecule has 270 valence electrons. The number of pyridine rings is 1. The first kappa shape index (κ1) is 34.8. The Balaban J connectivity index is 1.10. The molecule has 13 heteroatoms. The summed E-state index contributed by atoms with van der Waals surface area (Å²) in [5.41, 5.74) is 3.02. The minimum Gasteiger partial charge on any atom is -0.491 e. The van der Waals surface area contributed by atoms with Gasteiger partial charge < -0.3 is 24.8 Å². The van der Waals surface area contributed by atoms with E-state index in [-0.39, 0.29) is 25.4 Å². The van der Waals surface area contributed by atoms with Gasteiger partial charge in [0.1, 0.15) is 30.0 Å². The number of nitrogens with one attached hydrogen (secondary N) is 2. The fourth-order valence-electron chi connectivity index (χ4n) is 7.32. The Kier molecular flexibility index (Phi) is 9.75. The molecule has 4 atom stereocenters. The zero-order valence-electron chi connectivity index (χ0n) is 30.0. The average molecular weight is 704 g/mol. The van der Waals surface area contributed by atoms with Crippen molar-refractivity contribution in [2.24, 2.45) is 0 Å². The van der Waals surface area contributed by atoms with Crippen molar-refractivity contribution in [3.63, 3.8) is 0 Å². The van der Waals surface area contributed by atoms with E-state index in [1.54, 1.807) is 42.8 Å². The normalized spacial score (nSPS) is 20.2. The van der Waals surface area contributed by atoms with Crippen molar-refractivity contribution in [2.75, 3.05) is 23.4 Å². The Morgan fingerprint density at radius 1 is 0.981 bits per heavy atom. The molecule has 1 saturated heterocycles. The summed E-state index contributed by atoms with van der Waals surface area (Å²) in [5.74, 6) is 2.51. The lowest BCUT2D eigenvalue weighted by molar-refractivity contribution is 0.171. The minimum atomic E-state index is -0.897. The molecular formula is C39H45N9O4. The molecule has 2 amide bonds. The molecule has 4 heterocycles. The number of aliphatic hydroxyl groups is 1. The van der Waals surface area contributed by atoms with Crippen LogP contribution in [0.2, 0.25) is 0 Å². The van der Waals surface area contributed by atoms with Crippen LogP contribution in [0.4, 0.5) is 16.6 Å². The highest BCUT2D eigenvalue weighted by Crippen LogP contribution is 2.39. The number of carbonyl (C=O) groups is 1. The Hall–Kier alpha value is -5.61. The fourth-order valence-corrected chi connectivity index (χ4v) is 7.32. The molecule has 0 bridgehead atoms. The van der Waals surface area contributed by atoms with Gasteiger partial charge in [0, 0.05) is 24.2 Å². The molecule has 1 fully saturated rings. The van der Waals surface area contributed by atoms with Crippen molar-refractivity contribution in [3.8, 4) is 23.3 Å². The van der Waals surface area contributed by atoms with Crippen LogP contribution in [0.1, 0.15) is 88.8 Å². The second-order valence-corrected chi connectivity index (χ2v) is 14.2. The fraction of sp³-hybridized carbons (Fsp3) is 0.410. The predicted octanol–water partition coefficient (Wildman–Crippen LogP) is 6.63. The number of carbonyl (C=O) groups excluding carboxylic acids is 1. The number of anilines is 2. The van der Waals surface area contributed by atoms with Gasteiger partial charge in [-0.25, -0.2) is 9.48 Å². The van der Waals surface area contributed by atoms with Gasteiger partial charge in [0.2, 0.25) is 5.95 Å². The number of nitrogens with zero attached hydrogens (tertiary/aromatic N) is 7. The molecule has 0 unspecified atom stereocenters. The zero-order chi connectivity index (χ0) is 36.4. The van der Waals surface area contributed by atoms with Gasteiger partial charge >= 0.3 is 6.03 Å². The quantitative estimate of drug-likeness (QED) is 0.145. The largest absolute Gasteiger partial charge is 0.491 e. The van der Waals surface area contributed by atoms with Gasteiger partial charge in [0.25, 0.3) is 0 Å². The van der Waals surface area contributed by atoms with Crippen LogP contribution in [0.5, 0.6) is 11.5 Å². The summed E-state index contributed by atoms with van der Waals surface area (Å²) >= 11 is 0. The summed E-state index contributed by atoms with van der Waals surface area (Å²) in [7, 11) is 0. The van der Waals surface area contributed by atoms with Crippen molar-refractivity contribution in [2.45, 2.75) is 89.4 Å². The molecule has 5 aromatic rings. The zero-order valence-corrected chi connectivity index (χ0v) is 30.0. The van der Waals surface area contributed by atoms with Gasteiger partial charge in [0.15, 0.2) is 5.65 Å². The Morgan fingerprint density at radius 2 is 1.77 bits per heavy atom. The topological polar surface area (TPSA) is 155 Å². The molecule has 0 spiro atoms. The van der Waals surface area contributed by atoms with Gasteiger partial charge in [-0.15, -0.1) is 10.2 Å². The molecule has 52 heavy (non-hydrogen) atoms. The smallest absolute Gasteiger partial charge is 0.320 e. The summed E-state index contributed by atoms with van der Waals surface area (Å²) in [6, 6.07) is 23.2. The van der Waals surface area contributed by atoms with E-state index in [0.717, 1.165) is 41.3 Å². The van der Waals surface area contributed by atoms with Crippen LogP contribution in [0, 0.1) is 11.3 Å². The van der Waals surface area contributed by atoms with Crippen LogP contribution < -0.4 is 25.0 Å². The molecule has 13 nitrogen and oxygen atoms in total. The third-order valence-electron chi connectivity index (χ3n) is 10.1. The van der Waals surface area contributed by atoms with E-state index in [2.05, 4.69) is 51.7 Å². The van der Waals surface area contributed by atoms with Crippen molar-refractivity contribution >= 4 is 23.4 Å². The van der Waals surface area contributed by atoms with Gasteiger partial charge in [-0.1, -0.05) is 30.3 Å². The van der Waals surface area contributed by atoms with Crippen molar-refractivity contribution < 1.29 is 19.4 Å². The van der Waals surface area contributed by atoms with E-state index in [4.69, 9.17) is 14.6 Å². The maximum atomic E-state index is 13.7.